The number of nitrogens with one attached hydrogen (secondary N) is 1. The highest BCUT2D eigenvalue weighted by Crippen LogP contribution is 2.25. The first-order valence-electron chi connectivity index (χ1n) is 5.19. The van der Waals surface area contributed by atoms with E-state index in [0.717, 1.165) is 11.5 Å². The van der Waals surface area contributed by atoms with E-state index in [1.165, 1.54) is 0 Å². The maximum absolute atomic E-state index is 12.0. The molecule has 18 heavy (non-hydrogen) atoms. The van der Waals surface area contributed by atoms with Crippen molar-refractivity contribution < 1.29 is 4.79 Å². The molecule has 1 heterocycles. The lowest BCUT2D eigenvalue weighted by atomic mass is 10.2. The van der Waals surface area contributed by atoms with E-state index in [1.807, 2.05) is 6.92 Å². The average Bonchev–Trinajstić information content (AvgIpc) is 2.82. The van der Waals surface area contributed by atoms with Gasteiger partial charge in [-0.3, -0.25) is 4.79 Å². The van der Waals surface area contributed by atoms with Gasteiger partial charge in [0, 0.05) is 5.69 Å². The number of aryl methyl sites for hydroxylation is 1. The van der Waals surface area contributed by atoms with E-state index in [2.05, 4.69) is 14.9 Å². The molecule has 0 spiro atoms. The Balaban J connectivity index is 2.19. The van der Waals surface area contributed by atoms with Crippen LogP contribution < -0.4 is 5.32 Å². The molecule has 0 saturated heterocycles. The molecule has 0 aliphatic rings. The van der Waals surface area contributed by atoms with E-state index in [-0.39, 0.29) is 5.91 Å². The van der Waals surface area contributed by atoms with Gasteiger partial charge in [0.2, 0.25) is 0 Å². The van der Waals surface area contributed by atoms with Crippen LogP contribution in [0.15, 0.2) is 18.2 Å². The summed E-state index contributed by atoms with van der Waals surface area (Å²) in [7, 11) is 0. The minimum absolute atomic E-state index is 0.236. The number of halogens is 2. The summed E-state index contributed by atoms with van der Waals surface area (Å²) in [5.41, 5.74) is 1.28. The summed E-state index contributed by atoms with van der Waals surface area (Å²) < 4.78 is 3.77. The SMILES string of the molecule is CCc1nnsc1C(=O)Nc1ccc(Cl)c(Cl)c1. The molecular weight excluding hydrogens is 293 g/mol. The fourth-order valence-corrected chi connectivity index (χ4v) is 2.32. The Bertz CT molecular complexity index is 585. The Morgan fingerprint density at radius 2 is 2.17 bits per heavy atom. The van der Waals surface area contributed by atoms with Crippen molar-refractivity contribution in [1.82, 2.24) is 9.59 Å². The Morgan fingerprint density at radius 3 is 2.83 bits per heavy atom. The van der Waals surface area contributed by atoms with Crippen LogP contribution in [0.5, 0.6) is 0 Å². The quantitative estimate of drug-likeness (QED) is 0.941. The first kappa shape index (κ1) is 13.3. The van der Waals surface area contributed by atoms with Gasteiger partial charge in [0.15, 0.2) is 0 Å². The van der Waals surface area contributed by atoms with Gasteiger partial charge in [-0.2, -0.15) is 0 Å². The first-order chi connectivity index (χ1) is 8.61. The predicted molar refractivity (Wildman–Crippen MR) is 73.7 cm³/mol. The molecule has 1 N–H and O–H groups in total. The van der Waals surface area contributed by atoms with Crippen molar-refractivity contribution in [1.29, 1.82) is 0 Å². The third kappa shape index (κ3) is 2.80. The summed E-state index contributed by atoms with van der Waals surface area (Å²) in [4.78, 5) is 12.5. The van der Waals surface area contributed by atoms with Gasteiger partial charge in [0.1, 0.15) is 4.88 Å². The highest BCUT2D eigenvalue weighted by Gasteiger charge is 2.15. The third-order valence-electron chi connectivity index (χ3n) is 2.27. The van der Waals surface area contributed by atoms with E-state index in [9.17, 15) is 4.79 Å². The number of aromatic nitrogens is 2. The van der Waals surface area contributed by atoms with Gasteiger partial charge in [-0.25, -0.2) is 0 Å². The largest absolute Gasteiger partial charge is 0.321 e. The molecule has 1 aromatic heterocycles. The van der Waals surface area contributed by atoms with Crippen LogP contribution in [0.1, 0.15) is 22.3 Å². The van der Waals surface area contributed by atoms with Crippen molar-refractivity contribution >= 4 is 46.3 Å². The van der Waals surface area contributed by atoms with Crippen molar-refractivity contribution in [2.45, 2.75) is 13.3 Å². The highest BCUT2D eigenvalue weighted by atomic mass is 35.5. The van der Waals surface area contributed by atoms with Crippen LogP contribution in [0.3, 0.4) is 0 Å². The second kappa shape index (κ2) is 5.65. The molecule has 1 aromatic carbocycles. The lowest BCUT2D eigenvalue weighted by molar-refractivity contribution is 0.102. The Labute approximate surface area is 118 Å². The maximum Gasteiger partial charge on any atom is 0.269 e. The number of benzene rings is 1. The summed E-state index contributed by atoms with van der Waals surface area (Å²) in [6.45, 7) is 1.92. The summed E-state index contributed by atoms with van der Waals surface area (Å²) >= 11 is 12.8. The number of carbonyl (C=O) groups excluding carboxylic acids is 1. The molecule has 0 atom stereocenters. The van der Waals surface area contributed by atoms with Gasteiger partial charge >= 0.3 is 0 Å². The van der Waals surface area contributed by atoms with Gasteiger partial charge < -0.3 is 5.32 Å². The third-order valence-corrected chi connectivity index (χ3v) is 3.78. The number of hydrogen-bond acceptors (Lipinski definition) is 4. The fraction of sp³-hybridized carbons (Fsp3) is 0.182. The number of nitrogens with zero attached hydrogens (tertiary/aromatic N) is 2. The molecule has 0 saturated carbocycles. The van der Waals surface area contributed by atoms with Crippen LogP contribution in [0.25, 0.3) is 0 Å². The van der Waals surface area contributed by atoms with Gasteiger partial charge in [-0.05, 0) is 36.2 Å². The molecule has 0 aliphatic heterocycles. The second-order valence-corrected chi connectivity index (χ2v) is 5.05. The number of amides is 1. The zero-order chi connectivity index (χ0) is 13.1. The number of hydrogen-bond donors (Lipinski definition) is 1. The van der Waals surface area contributed by atoms with Gasteiger partial charge in [-0.15, -0.1) is 5.10 Å². The summed E-state index contributed by atoms with van der Waals surface area (Å²) in [6.07, 6.45) is 0.667. The van der Waals surface area contributed by atoms with Crippen LogP contribution in [-0.2, 0) is 6.42 Å². The van der Waals surface area contributed by atoms with Gasteiger partial charge in [0.05, 0.1) is 15.7 Å². The molecule has 4 nitrogen and oxygen atoms in total. The van der Waals surface area contributed by atoms with E-state index in [4.69, 9.17) is 23.2 Å². The average molecular weight is 302 g/mol. The Hall–Kier alpha value is -1.17. The normalized spacial score (nSPS) is 10.4. The van der Waals surface area contributed by atoms with E-state index < -0.39 is 0 Å². The predicted octanol–water partition coefficient (Wildman–Crippen LogP) is 3.66. The minimum atomic E-state index is -0.236. The maximum atomic E-state index is 12.0. The van der Waals surface area contributed by atoms with Crippen molar-refractivity contribution in [2.24, 2.45) is 0 Å². The molecule has 1 amide bonds. The molecular formula is C11H9Cl2N3OS. The van der Waals surface area contributed by atoms with Crippen LogP contribution in [-0.4, -0.2) is 15.5 Å². The zero-order valence-corrected chi connectivity index (χ0v) is 11.7. The summed E-state index contributed by atoms with van der Waals surface area (Å²) in [5.74, 6) is -0.236. The van der Waals surface area contributed by atoms with Gasteiger partial charge in [0.25, 0.3) is 5.91 Å². The smallest absolute Gasteiger partial charge is 0.269 e. The summed E-state index contributed by atoms with van der Waals surface area (Å²) in [6, 6.07) is 4.92. The van der Waals surface area contributed by atoms with E-state index >= 15 is 0 Å². The monoisotopic (exact) mass is 301 g/mol. The van der Waals surface area contributed by atoms with Gasteiger partial charge in [-0.1, -0.05) is 34.6 Å². The lowest BCUT2D eigenvalue weighted by Crippen LogP contribution is -2.12. The van der Waals surface area contributed by atoms with Crippen LogP contribution in [0.2, 0.25) is 10.0 Å². The number of rotatable bonds is 3. The molecule has 94 valence electrons. The fourth-order valence-electron chi connectivity index (χ4n) is 1.37. The molecule has 0 bridgehead atoms. The standard InChI is InChI=1S/C11H9Cl2N3OS/c1-2-9-10(18-16-15-9)11(17)14-6-3-4-7(12)8(13)5-6/h3-5H,2H2,1H3,(H,14,17). The number of anilines is 1. The van der Waals surface area contributed by atoms with E-state index in [1.54, 1.807) is 18.2 Å². The molecule has 7 heteroatoms. The Kier molecular flexibility index (Phi) is 4.16. The van der Waals surface area contributed by atoms with Crippen molar-refractivity contribution in [3.05, 3.63) is 38.8 Å². The molecule has 0 unspecified atom stereocenters. The van der Waals surface area contributed by atoms with Crippen LogP contribution in [0, 0.1) is 0 Å². The highest BCUT2D eigenvalue weighted by molar-refractivity contribution is 7.08. The molecule has 0 aliphatic carbocycles. The van der Waals surface area contributed by atoms with Crippen molar-refractivity contribution in [3.63, 3.8) is 0 Å². The topological polar surface area (TPSA) is 54.9 Å². The second-order valence-electron chi connectivity index (χ2n) is 3.49. The van der Waals surface area contributed by atoms with Crippen LogP contribution in [0.4, 0.5) is 5.69 Å². The lowest BCUT2D eigenvalue weighted by Gasteiger charge is -2.05. The van der Waals surface area contributed by atoms with E-state index in [0.29, 0.717) is 32.7 Å². The summed E-state index contributed by atoms with van der Waals surface area (Å²) in [5, 5.41) is 7.47. The first-order valence-corrected chi connectivity index (χ1v) is 6.72. The zero-order valence-electron chi connectivity index (χ0n) is 9.41. The molecule has 0 radical (unpaired) electrons. The van der Waals surface area contributed by atoms with Crippen molar-refractivity contribution in [2.75, 3.05) is 5.32 Å². The molecule has 2 rings (SSSR count). The molecule has 0 fully saturated rings. The minimum Gasteiger partial charge on any atom is -0.321 e. The van der Waals surface area contributed by atoms with Crippen molar-refractivity contribution in [3.8, 4) is 0 Å². The number of carbonyl (C=O) groups is 1. The Morgan fingerprint density at radius 1 is 1.39 bits per heavy atom. The van der Waals surface area contributed by atoms with Crippen LogP contribution >= 0.6 is 34.7 Å². The molecule has 2 aromatic rings.